The molecule has 0 fully saturated rings. The number of nitrogens with zero attached hydrogens (tertiary/aromatic N) is 2. The zero-order chi connectivity index (χ0) is 26.7. The maximum absolute atomic E-state index is 13.6. The Balaban J connectivity index is 2.49. The number of benzene rings is 2. The van der Waals surface area contributed by atoms with E-state index in [-0.39, 0.29) is 12.5 Å². The van der Waals surface area contributed by atoms with Crippen molar-refractivity contribution in [3.8, 4) is 0 Å². The number of carbonyl (C=O) groups is 2. The molecule has 1 unspecified atom stereocenters. The van der Waals surface area contributed by atoms with Gasteiger partial charge in [0.25, 0.3) is 0 Å². The molecule has 0 heterocycles. The highest BCUT2D eigenvalue weighted by Crippen LogP contribution is 2.28. The number of halogens is 3. The van der Waals surface area contributed by atoms with E-state index in [0.29, 0.717) is 21.3 Å². The zero-order valence-electron chi connectivity index (χ0n) is 20.5. The average Bonchev–Trinajstić information content (AvgIpc) is 2.71. The number of hydrogen-bond donors (Lipinski definition) is 1. The molecular formula is C24H30BrCl2N3O4S. The van der Waals surface area contributed by atoms with Gasteiger partial charge in [-0.05, 0) is 70.5 Å². The van der Waals surface area contributed by atoms with Crippen molar-refractivity contribution in [2.75, 3.05) is 17.1 Å². The van der Waals surface area contributed by atoms with Gasteiger partial charge in [-0.1, -0.05) is 45.2 Å². The summed E-state index contributed by atoms with van der Waals surface area (Å²) in [6.45, 7) is 8.31. The van der Waals surface area contributed by atoms with Crippen LogP contribution in [-0.2, 0) is 26.2 Å². The van der Waals surface area contributed by atoms with Crippen LogP contribution in [0.25, 0.3) is 0 Å². The molecule has 0 radical (unpaired) electrons. The number of aryl methyl sites for hydroxylation is 1. The SMILES string of the molecule is Cc1cc(N(CC(=O)N(Cc2c(Cl)cccc2Cl)C(C)C(=O)NC(C)(C)C)S(C)(=O)=O)ccc1Br. The molecule has 2 aromatic carbocycles. The predicted molar refractivity (Wildman–Crippen MR) is 145 cm³/mol. The second-order valence-corrected chi connectivity index (χ2v) is 12.9. The van der Waals surface area contributed by atoms with Crippen molar-refractivity contribution in [3.05, 3.63) is 62.0 Å². The van der Waals surface area contributed by atoms with E-state index in [0.717, 1.165) is 20.6 Å². The first kappa shape index (κ1) is 29.4. The Morgan fingerprint density at radius 2 is 1.69 bits per heavy atom. The minimum atomic E-state index is -3.82. The van der Waals surface area contributed by atoms with Gasteiger partial charge in [-0.15, -0.1) is 0 Å². The van der Waals surface area contributed by atoms with Gasteiger partial charge in [0, 0.05) is 32.2 Å². The number of sulfonamides is 1. The summed E-state index contributed by atoms with van der Waals surface area (Å²) in [7, 11) is -3.82. The maximum atomic E-state index is 13.6. The first-order valence-corrected chi connectivity index (χ1v) is 14.2. The van der Waals surface area contributed by atoms with Crippen molar-refractivity contribution >= 4 is 66.7 Å². The molecule has 35 heavy (non-hydrogen) atoms. The van der Waals surface area contributed by atoms with E-state index < -0.39 is 34.1 Å². The van der Waals surface area contributed by atoms with Gasteiger partial charge in [0.05, 0.1) is 11.9 Å². The molecule has 0 aromatic heterocycles. The van der Waals surface area contributed by atoms with E-state index in [1.807, 2.05) is 27.7 Å². The molecular weight excluding hydrogens is 577 g/mol. The van der Waals surface area contributed by atoms with Crippen molar-refractivity contribution in [1.29, 1.82) is 0 Å². The smallest absolute Gasteiger partial charge is 0.244 e. The van der Waals surface area contributed by atoms with Gasteiger partial charge in [0.15, 0.2) is 0 Å². The van der Waals surface area contributed by atoms with Crippen LogP contribution < -0.4 is 9.62 Å². The second-order valence-electron chi connectivity index (χ2n) is 9.34. The number of nitrogens with one attached hydrogen (secondary N) is 1. The Hall–Kier alpha value is -1.81. The van der Waals surface area contributed by atoms with Crippen molar-refractivity contribution in [2.45, 2.75) is 52.7 Å². The molecule has 192 valence electrons. The summed E-state index contributed by atoms with van der Waals surface area (Å²) in [6.07, 6.45) is 1.03. The van der Waals surface area contributed by atoms with Gasteiger partial charge in [-0.3, -0.25) is 13.9 Å². The van der Waals surface area contributed by atoms with Crippen molar-refractivity contribution in [3.63, 3.8) is 0 Å². The fraction of sp³-hybridized carbons (Fsp3) is 0.417. The predicted octanol–water partition coefficient (Wildman–Crippen LogP) is 5.16. The largest absolute Gasteiger partial charge is 0.350 e. The lowest BCUT2D eigenvalue weighted by Crippen LogP contribution is -2.54. The molecule has 0 aliphatic rings. The number of rotatable bonds is 8. The Morgan fingerprint density at radius 1 is 1.11 bits per heavy atom. The van der Waals surface area contributed by atoms with Crippen LogP contribution in [-0.4, -0.2) is 49.5 Å². The molecule has 0 bridgehead atoms. The van der Waals surface area contributed by atoms with Crippen LogP contribution in [0.3, 0.4) is 0 Å². The van der Waals surface area contributed by atoms with Crippen LogP contribution in [0.4, 0.5) is 5.69 Å². The van der Waals surface area contributed by atoms with Crippen molar-refractivity contribution in [1.82, 2.24) is 10.2 Å². The van der Waals surface area contributed by atoms with E-state index >= 15 is 0 Å². The highest BCUT2D eigenvalue weighted by atomic mass is 79.9. The molecule has 0 aliphatic carbocycles. The summed E-state index contributed by atoms with van der Waals surface area (Å²) >= 11 is 16.1. The standard InChI is InChI=1S/C24H30BrCl2N3O4S/c1-15-12-17(10-11-19(15)25)30(35(6,33)34)14-22(31)29(16(2)23(32)28-24(3,4)5)13-18-20(26)8-7-9-21(18)27/h7-12,16H,13-14H2,1-6H3,(H,28,32). The Morgan fingerprint density at radius 3 is 2.17 bits per heavy atom. The van der Waals surface area contributed by atoms with Crippen LogP contribution in [0.5, 0.6) is 0 Å². The third kappa shape index (κ3) is 8.10. The summed E-state index contributed by atoms with van der Waals surface area (Å²) in [5.41, 5.74) is 1.07. The Labute approximate surface area is 225 Å². The van der Waals surface area contributed by atoms with Gasteiger partial charge in [0.1, 0.15) is 12.6 Å². The monoisotopic (exact) mass is 605 g/mol. The van der Waals surface area contributed by atoms with Crippen LogP contribution in [0.1, 0.15) is 38.8 Å². The molecule has 0 spiro atoms. The molecule has 11 heteroatoms. The lowest BCUT2D eigenvalue weighted by molar-refractivity contribution is -0.140. The Kier molecular flexibility index (Phi) is 9.66. The minimum Gasteiger partial charge on any atom is -0.350 e. The molecule has 0 saturated carbocycles. The van der Waals surface area contributed by atoms with Gasteiger partial charge in [0.2, 0.25) is 21.8 Å². The molecule has 1 atom stereocenters. The summed E-state index contributed by atoms with van der Waals surface area (Å²) in [6, 6.07) is 9.02. The molecule has 0 saturated heterocycles. The van der Waals surface area contributed by atoms with Crippen molar-refractivity contribution < 1.29 is 18.0 Å². The second kappa shape index (κ2) is 11.5. The number of anilines is 1. The first-order valence-electron chi connectivity index (χ1n) is 10.8. The fourth-order valence-corrected chi connectivity index (χ4v) is 4.91. The third-order valence-electron chi connectivity index (χ3n) is 5.16. The highest BCUT2D eigenvalue weighted by molar-refractivity contribution is 9.10. The van der Waals surface area contributed by atoms with Gasteiger partial charge in [-0.25, -0.2) is 8.42 Å². The van der Waals surface area contributed by atoms with Gasteiger partial charge in [-0.2, -0.15) is 0 Å². The Bertz CT molecular complexity index is 1200. The lowest BCUT2D eigenvalue weighted by atomic mass is 10.1. The summed E-state index contributed by atoms with van der Waals surface area (Å²) in [5.74, 6) is -0.969. The number of hydrogen-bond acceptors (Lipinski definition) is 4. The molecule has 1 N–H and O–H groups in total. The van der Waals surface area contributed by atoms with Crippen LogP contribution in [0, 0.1) is 6.92 Å². The molecule has 7 nitrogen and oxygen atoms in total. The van der Waals surface area contributed by atoms with E-state index in [2.05, 4.69) is 21.2 Å². The minimum absolute atomic E-state index is 0.0764. The zero-order valence-corrected chi connectivity index (χ0v) is 24.4. The van der Waals surface area contributed by atoms with E-state index in [1.54, 1.807) is 43.3 Å². The third-order valence-corrected chi connectivity index (χ3v) is 7.90. The normalized spacial score (nSPS) is 12.7. The van der Waals surface area contributed by atoms with Gasteiger partial charge < -0.3 is 10.2 Å². The lowest BCUT2D eigenvalue weighted by Gasteiger charge is -2.33. The number of amides is 2. The topological polar surface area (TPSA) is 86.8 Å². The molecule has 2 amide bonds. The maximum Gasteiger partial charge on any atom is 0.244 e. The van der Waals surface area contributed by atoms with Crippen molar-refractivity contribution in [2.24, 2.45) is 0 Å². The quantitative estimate of drug-likeness (QED) is 0.449. The summed E-state index contributed by atoms with van der Waals surface area (Å²) < 4.78 is 27.2. The highest BCUT2D eigenvalue weighted by Gasteiger charge is 2.32. The molecule has 0 aliphatic heterocycles. The van der Waals surface area contributed by atoms with E-state index in [9.17, 15) is 18.0 Å². The summed E-state index contributed by atoms with van der Waals surface area (Å²) in [5, 5.41) is 3.53. The van der Waals surface area contributed by atoms with Crippen LogP contribution in [0.2, 0.25) is 10.0 Å². The average molecular weight is 607 g/mol. The summed E-state index contributed by atoms with van der Waals surface area (Å²) in [4.78, 5) is 27.9. The van der Waals surface area contributed by atoms with E-state index in [1.165, 1.54) is 4.90 Å². The van der Waals surface area contributed by atoms with Crippen LogP contribution >= 0.6 is 39.1 Å². The fourth-order valence-electron chi connectivity index (χ4n) is 3.31. The van der Waals surface area contributed by atoms with Gasteiger partial charge >= 0.3 is 0 Å². The molecule has 2 rings (SSSR count). The van der Waals surface area contributed by atoms with E-state index in [4.69, 9.17) is 23.2 Å². The van der Waals surface area contributed by atoms with Crippen LogP contribution in [0.15, 0.2) is 40.9 Å². The number of carbonyl (C=O) groups excluding carboxylic acids is 2. The first-order chi connectivity index (χ1) is 16.0. The molecule has 2 aromatic rings.